The lowest BCUT2D eigenvalue weighted by molar-refractivity contribution is 0.943. The van der Waals surface area contributed by atoms with Crippen molar-refractivity contribution in [2.75, 3.05) is 0 Å². The van der Waals surface area contributed by atoms with Gasteiger partial charge in [-0.25, -0.2) is 4.98 Å². The van der Waals surface area contributed by atoms with Crippen molar-refractivity contribution in [3.8, 4) is 5.69 Å². The number of fused-ring (bicyclic) bond motifs is 1. The molecule has 0 aliphatic rings. The van der Waals surface area contributed by atoms with E-state index < -0.39 is 0 Å². The molecule has 1 heterocycles. The van der Waals surface area contributed by atoms with Crippen LogP contribution in [0.25, 0.3) is 28.7 Å². The van der Waals surface area contributed by atoms with Gasteiger partial charge in [0.05, 0.1) is 16.6 Å². The smallest absolute Gasteiger partial charge is 0.266 e. The van der Waals surface area contributed by atoms with Crippen LogP contribution < -0.4 is 5.56 Å². The lowest BCUT2D eigenvalue weighted by atomic mass is 10.2. The Morgan fingerprint density at radius 2 is 1.59 bits per heavy atom. The number of benzene rings is 3. The van der Waals surface area contributed by atoms with Gasteiger partial charge in [0.2, 0.25) is 0 Å². The van der Waals surface area contributed by atoms with E-state index in [4.69, 9.17) is 4.98 Å². The molecule has 0 saturated heterocycles. The van der Waals surface area contributed by atoms with E-state index in [1.54, 1.807) is 4.57 Å². The van der Waals surface area contributed by atoms with Gasteiger partial charge in [-0.3, -0.25) is 9.36 Å². The van der Waals surface area contributed by atoms with E-state index in [0.29, 0.717) is 16.7 Å². The van der Waals surface area contributed by atoms with Crippen molar-refractivity contribution in [2.24, 2.45) is 0 Å². The van der Waals surface area contributed by atoms with Gasteiger partial charge in [0.1, 0.15) is 5.82 Å². The average Bonchev–Trinajstić information content (AvgIpc) is 2.69. The number of halogens is 1. The summed E-state index contributed by atoms with van der Waals surface area (Å²) in [6, 6.07) is 23.3. The van der Waals surface area contributed by atoms with Crippen LogP contribution in [0.15, 0.2) is 82.1 Å². The second-order valence-electron chi connectivity index (χ2n) is 6.32. The minimum Gasteiger partial charge on any atom is -0.268 e. The molecule has 0 aliphatic heterocycles. The molecule has 0 aliphatic carbocycles. The molecule has 0 unspecified atom stereocenters. The van der Waals surface area contributed by atoms with Crippen LogP contribution in [-0.4, -0.2) is 9.55 Å². The van der Waals surface area contributed by atoms with Crippen molar-refractivity contribution in [2.45, 2.75) is 6.92 Å². The van der Waals surface area contributed by atoms with Crippen molar-refractivity contribution in [1.29, 1.82) is 0 Å². The van der Waals surface area contributed by atoms with Gasteiger partial charge >= 0.3 is 0 Å². The number of nitrogens with zero attached hydrogens (tertiary/aromatic N) is 2. The van der Waals surface area contributed by atoms with E-state index in [2.05, 4.69) is 15.9 Å². The lowest BCUT2D eigenvalue weighted by Crippen LogP contribution is -2.22. The molecular weight excluding hydrogens is 400 g/mol. The first-order valence-corrected chi connectivity index (χ1v) is 9.44. The fourth-order valence-corrected chi connectivity index (χ4v) is 3.40. The fourth-order valence-electron chi connectivity index (χ4n) is 2.98. The zero-order chi connectivity index (χ0) is 18.8. The highest BCUT2D eigenvalue weighted by atomic mass is 79.9. The largest absolute Gasteiger partial charge is 0.268 e. The molecule has 1 aromatic heterocycles. The first-order chi connectivity index (χ1) is 13.1. The van der Waals surface area contributed by atoms with E-state index in [0.717, 1.165) is 21.3 Å². The topological polar surface area (TPSA) is 34.9 Å². The highest BCUT2D eigenvalue weighted by molar-refractivity contribution is 9.10. The van der Waals surface area contributed by atoms with Crippen LogP contribution in [0.4, 0.5) is 0 Å². The minimum atomic E-state index is -0.0729. The summed E-state index contributed by atoms with van der Waals surface area (Å²) in [4.78, 5) is 17.9. The van der Waals surface area contributed by atoms with Crippen molar-refractivity contribution in [3.63, 3.8) is 0 Å². The zero-order valence-corrected chi connectivity index (χ0v) is 16.3. The van der Waals surface area contributed by atoms with E-state index in [1.165, 1.54) is 0 Å². The molecule has 3 nitrogen and oxygen atoms in total. The first kappa shape index (κ1) is 17.4. The Kier molecular flexibility index (Phi) is 4.73. The van der Waals surface area contributed by atoms with E-state index >= 15 is 0 Å². The van der Waals surface area contributed by atoms with Crippen LogP contribution in [0.5, 0.6) is 0 Å². The van der Waals surface area contributed by atoms with Gasteiger partial charge in [-0.2, -0.15) is 0 Å². The van der Waals surface area contributed by atoms with Crippen LogP contribution in [0.3, 0.4) is 0 Å². The SMILES string of the molecule is Cc1ccc(-n2c(/C=C/c3ccccc3Br)nc3ccccc3c2=O)cc1. The van der Waals surface area contributed by atoms with Gasteiger partial charge in [0.15, 0.2) is 0 Å². The maximum atomic E-state index is 13.2. The summed E-state index contributed by atoms with van der Waals surface area (Å²) in [5.74, 6) is 0.596. The van der Waals surface area contributed by atoms with Gasteiger partial charge in [-0.1, -0.05) is 70.0 Å². The first-order valence-electron chi connectivity index (χ1n) is 8.65. The summed E-state index contributed by atoms with van der Waals surface area (Å²) in [5, 5.41) is 0.608. The molecule has 3 aromatic carbocycles. The Morgan fingerprint density at radius 1 is 0.889 bits per heavy atom. The molecule has 0 N–H and O–H groups in total. The van der Waals surface area contributed by atoms with Crippen LogP contribution in [0.1, 0.15) is 17.0 Å². The zero-order valence-electron chi connectivity index (χ0n) is 14.8. The predicted molar refractivity (Wildman–Crippen MR) is 115 cm³/mol. The molecule has 4 rings (SSSR count). The van der Waals surface area contributed by atoms with Crippen molar-refractivity contribution >= 4 is 39.0 Å². The number of aryl methyl sites for hydroxylation is 1. The van der Waals surface area contributed by atoms with Gasteiger partial charge in [-0.15, -0.1) is 0 Å². The molecule has 4 heteroatoms. The summed E-state index contributed by atoms with van der Waals surface area (Å²) < 4.78 is 2.65. The fraction of sp³-hybridized carbons (Fsp3) is 0.0435. The maximum absolute atomic E-state index is 13.2. The van der Waals surface area contributed by atoms with E-state index in [9.17, 15) is 4.79 Å². The number of rotatable bonds is 3. The third-order valence-electron chi connectivity index (χ3n) is 4.41. The Morgan fingerprint density at radius 3 is 2.37 bits per heavy atom. The van der Waals surface area contributed by atoms with Gasteiger partial charge in [0, 0.05) is 4.47 Å². The molecule has 0 spiro atoms. The number of hydrogen-bond donors (Lipinski definition) is 0. The molecular formula is C23H17BrN2O. The summed E-state index contributed by atoms with van der Waals surface area (Å²) in [6.07, 6.45) is 3.85. The van der Waals surface area contributed by atoms with Crippen LogP contribution in [0.2, 0.25) is 0 Å². The minimum absolute atomic E-state index is 0.0729. The Balaban J connectivity index is 1.95. The molecule has 132 valence electrons. The quantitative estimate of drug-likeness (QED) is 0.433. The van der Waals surface area contributed by atoms with Crippen LogP contribution in [0, 0.1) is 6.92 Å². The summed E-state index contributed by atoms with van der Waals surface area (Å²) in [6.45, 7) is 2.03. The normalized spacial score (nSPS) is 11.3. The average molecular weight is 417 g/mol. The number of aromatic nitrogens is 2. The molecule has 0 amide bonds. The van der Waals surface area contributed by atoms with Crippen LogP contribution in [-0.2, 0) is 0 Å². The predicted octanol–water partition coefficient (Wildman–Crippen LogP) is 5.63. The van der Waals surface area contributed by atoms with Crippen molar-refractivity contribution < 1.29 is 0 Å². The van der Waals surface area contributed by atoms with Crippen LogP contribution >= 0.6 is 15.9 Å². The van der Waals surface area contributed by atoms with Crippen molar-refractivity contribution in [1.82, 2.24) is 9.55 Å². The Labute approximate surface area is 165 Å². The standard InChI is InChI=1S/C23H17BrN2O/c1-16-10-13-18(14-11-16)26-22(15-12-17-6-2-4-8-20(17)24)25-21-9-5-3-7-19(21)23(26)27/h2-15H,1H3/b15-12+. The Hall–Kier alpha value is -2.98. The number of para-hydroxylation sites is 1. The summed E-state index contributed by atoms with van der Waals surface area (Å²) in [5.41, 5.74) is 3.59. The molecule has 0 bridgehead atoms. The molecule has 27 heavy (non-hydrogen) atoms. The highest BCUT2D eigenvalue weighted by Crippen LogP contribution is 2.20. The molecule has 0 radical (unpaired) electrons. The summed E-state index contributed by atoms with van der Waals surface area (Å²) >= 11 is 3.56. The van der Waals surface area contributed by atoms with Gasteiger partial charge < -0.3 is 0 Å². The number of hydrogen-bond acceptors (Lipinski definition) is 2. The third-order valence-corrected chi connectivity index (χ3v) is 5.13. The third kappa shape index (κ3) is 3.49. The molecule has 0 atom stereocenters. The molecule has 0 saturated carbocycles. The van der Waals surface area contributed by atoms with Gasteiger partial charge in [-0.05, 0) is 48.9 Å². The monoisotopic (exact) mass is 416 g/mol. The second-order valence-corrected chi connectivity index (χ2v) is 7.17. The van der Waals surface area contributed by atoms with E-state index in [1.807, 2.05) is 91.9 Å². The Bertz CT molecular complexity index is 1210. The second kappa shape index (κ2) is 7.33. The molecule has 4 aromatic rings. The van der Waals surface area contributed by atoms with Gasteiger partial charge in [0.25, 0.3) is 5.56 Å². The highest BCUT2D eigenvalue weighted by Gasteiger charge is 2.11. The van der Waals surface area contributed by atoms with E-state index in [-0.39, 0.29) is 5.56 Å². The summed E-state index contributed by atoms with van der Waals surface area (Å²) in [7, 11) is 0. The molecule has 0 fully saturated rings. The lowest BCUT2D eigenvalue weighted by Gasteiger charge is -2.12. The van der Waals surface area contributed by atoms with Crippen molar-refractivity contribution in [3.05, 3.63) is 105 Å². The maximum Gasteiger partial charge on any atom is 0.266 e.